The van der Waals surface area contributed by atoms with Crippen LogP contribution in [0.2, 0.25) is 0 Å². The van der Waals surface area contributed by atoms with Crippen molar-refractivity contribution in [3.63, 3.8) is 0 Å². The van der Waals surface area contributed by atoms with E-state index in [9.17, 15) is 0 Å². The Bertz CT molecular complexity index is 414. The molecule has 0 radical (unpaired) electrons. The minimum Gasteiger partial charge on any atom is -0.473 e. The molecule has 1 saturated heterocycles. The van der Waals surface area contributed by atoms with Crippen LogP contribution < -0.4 is 10.5 Å². The van der Waals surface area contributed by atoms with Crippen LogP contribution in [0.15, 0.2) is 0 Å². The molecule has 0 saturated carbocycles. The number of hydrogen-bond donors (Lipinski definition) is 1. The second kappa shape index (κ2) is 5.63. The third-order valence-corrected chi connectivity index (χ3v) is 3.69. The molecule has 0 bridgehead atoms. The summed E-state index contributed by atoms with van der Waals surface area (Å²) in [5, 5.41) is 8.28. The fraction of sp³-hybridized carbons (Fsp3) is 0.692. The van der Waals surface area contributed by atoms with Gasteiger partial charge < -0.3 is 15.4 Å². The summed E-state index contributed by atoms with van der Waals surface area (Å²) in [6, 6.07) is 0. The Kier molecular flexibility index (Phi) is 4.14. The Morgan fingerprint density at radius 1 is 1.28 bits per heavy atom. The first kappa shape index (κ1) is 13.2. The predicted octanol–water partition coefficient (Wildman–Crippen LogP) is 1.03. The number of piperidine rings is 1. The fourth-order valence-electron chi connectivity index (χ4n) is 2.23. The summed E-state index contributed by atoms with van der Waals surface area (Å²) >= 11 is 0. The summed E-state index contributed by atoms with van der Waals surface area (Å²) in [6.45, 7) is 6.56. The molecular weight excluding hydrogens is 228 g/mol. The van der Waals surface area contributed by atoms with E-state index < -0.39 is 0 Å². The maximum atomic E-state index is 5.98. The van der Waals surface area contributed by atoms with Gasteiger partial charge >= 0.3 is 0 Å². The van der Waals surface area contributed by atoms with Gasteiger partial charge in [0.2, 0.25) is 5.88 Å². The van der Waals surface area contributed by atoms with Crippen LogP contribution >= 0.6 is 0 Å². The Labute approximate surface area is 108 Å². The number of ether oxygens (including phenoxy) is 1. The Hall–Kier alpha value is -1.20. The molecule has 0 unspecified atom stereocenters. The third kappa shape index (κ3) is 2.79. The highest BCUT2D eigenvalue weighted by Gasteiger charge is 2.20. The second-order valence-corrected chi connectivity index (χ2v) is 5.02. The number of hydrogen-bond acceptors (Lipinski definition) is 5. The number of aromatic nitrogens is 2. The summed E-state index contributed by atoms with van der Waals surface area (Å²) in [7, 11) is 2.14. The van der Waals surface area contributed by atoms with Crippen molar-refractivity contribution in [2.45, 2.75) is 39.3 Å². The maximum Gasteiger partial charge on any atom is 0.238 e. The highest BCUT2D eigenvalue weighted by atomic mass is 16.5. The molecule has 0 spiro atoms. The van der Waals surface area contributed by atoms with E-state index in [4.69, 9.17) is 10.5 Å². The van der Waals surface area contributed by atoms with Crippen LogP contribution in [0.25, 0.3) is 0 Å². The average molecular weight is 250 g/mol. The normalized spacial score (nSPS) is 18.0. The van der Waals surface area contributed by atoms with Crippen molar-refractivity contribution < 1.29 is 4.74 Å². The van der Waals surface area contributed by atoms with E-state index in [1.807, 2.05) is 13.8 Å². The number of nitrogens with two attached hydrogens (primary N) is 1. The molecule has 0 aliphatic carbocycles. The van der Waals surface area contributed by atoms with Crippen LogP contribution in [0.3, 0.4) is 0 Å². The lowest BCUT2D eigenvalue weighted by atomic mass is 10.1. The Balaban J connectivity index is 2.11. The second-order valence-electron chi connectivity index (χ2n) is 5.02. The van der Waals surface area contributed by atoms with Crippen molar-refractivity contribution >= 4 is 0 Å². The van der Waals surface area contributed by atoms with Gasteiger partial charge in [-0.15, -0.1) is 5.10 Å². The molecule has 1 fully saturated rings. The van der Waals surface area contributed by atoms with Crippen molar-refractivity contribution in [3.05, 3.63) is 16.8 Å². The van der Waals surface area contributed by atoms with Crippen molar-refractivity contribution in [2.75, 3.05) is 20.1 Å². The topological polar surface area (TPSA) is 64.3 Å². The minimum atomic E-state index is 0.239. The summed E-state index contributed by atoms with van der Waals surface area (Å²) in [5.41, 5.74) is 8.79. The molecule has 1 aliphatic heterocycles. The van der Waals surface area contributed by atoms with Gasteiger partial charge in [0.15, 0.2) is 0 Å². The minimum absolute atomic E-state index is 0.239. The zero-order valence-electron chi connectivity index (χ0n) is 11.4. The highest BCUT2D eigenvalue weighted by molar-refractivity contribution is 5.35. The zero-order chi connectivity index (χ0) is 13.1. The van der Waals surface area contributed by atoms with Crippen molar-refractivity contribution in [1.29, 1.82) is 0 Å². The van der Waals surface area contributed by atoms with Gasteiger partial charge in [-0.25, -0.2) is 0 Å². The van der Waals surface area contributed by atoms with Gasteiger partial charge in [-0.2, -0.15) is 5.10 Å². The average Bonchev–Trinajstić information content (AvgIpc) is 2.37. The van der Waals surface area contributed by atoms with Crippen molar-refractivity contribution in [2.24, 2.45) is 5.73 Å². The predicted molar refractivity (Wildman–Crippen MR) is 70.5 cm³/mol. The largest absolute Gasteiger partial charge is 0.473 e. The SMILES string of the molecule is Cc1nnc(OC2CCN(C)CC2)c(CN)c1C. The van der Waals surface area contributed by atoms with Crippen LogP contribution in [-0.4, -0.2) is 41.3 Å². The molecule has 0 atom stereocenters. The zero-order valence-corrected chi connectivity index (χ0v) is 11.4. The molecular formula is C13H22N4O. The number of rotatable bonds is 3. The van der Waals surface area contributed by atoms with Gasteiger partial charge in [0.25, 0.3) is 0 Å². The summed E-state index contributed by atoms with van der Waals surface area (Å²) in [6.07, 6.45) is 2.31. The summed E-state index contributed by atoms with van der Waals surface area (Å²) < 4.78 is 5.98. The Morgan fingerprint density at radius 2 is 1.94 bits per heavy atom. The lowest BCUT2D eigenvalue weighted by molar-refractivity contribution is 0.108. The lowest BCUT2D eigenvalue weighted by Gasteiger charge is -2.29. The van der Waals surface area contributed by atoms with Gasteiger partial charge in [0, 0.05) is 25.2 Å². The van der Waals surface area contributed by atoms with E-state index in [2.05, 4.69) is 22.1 Å². The third-order valence-electron chi connectivity index (χ3n) is 3.69. The van der Waals surface area contributed by atoms with Gasteiger partial charge in [0.05, 0.1) is 5.69 Å². The van der Waals surface area contributed by atoms with Crippen LogP contribution in [0.5, 0.6) is 5.88 Å². The van der Waals surface area contributed by atoms with Crippen molar-refractivity contribution in [3.8, 4) is 5.88 Å². The van der Waals surface area contributed by atoms with Gasteiger partial charge in [-0.1, -0.05) is 0 Å². The maximum absolute atomic E-state index is 5.98. The molecule has 2 N–H and O–H groups in total. The van der Waals surface area contributed by atoms with E-state index in [1.54, 1.807) is 0 Å². The van der Waals surface area contributed by atoms with E-state index in [0.717, 1.165) is 42.8 Å². The molecule has 2 rings (SSSR count). The monoisotopic (exact) mass is 250 g/mol. The standard InChI is InChI=1S/C13H22N4O/c1-9-10(2)15-16-13(12(9)8-14)18-11-4-6-17(3)7-5-11/h11H,4-8,14H2,1-3H3. The van der Waals surface area contributed by atoms with Crippen LogP contribution in [-0.2, 0) is 6.54 Å². The Morgan fingerprint density at radius 3 is 2.56 bits per heavy atom. The first-order valence-electron chi connectivity index (χ1n) is 6.50. The van der Waals surface area contributed by atoms with Crippen LogP contribution in [0.4, 0.5) is 0 Å². The molecule has 0 amide bonds. The molecule has 1 aromatic heterocycles. The van der Waals surface area contributed by atoms with Crippen LogP contribution in [0, 0.1) is 13.8 Å². The number of nitrogens with zero attached hydrogens (tertiary/aromatic N) is 3. The van der Waals surface area contributed by atoms with Gasteiger partial charge in [0.1, 0.15) is 6.10 Å². The van der Waals surface area contributed by atoms with E-state index >= 15 is 0 Å². The van der Waals surface area contributed by atoms with E-state index in [1.165, 1.54) is 0 Å². The smallest absolute Gasteiger partial charge is 0.238 e. The molecule has 100 valence electrons. The molecule has 1 aliphatic rings. The number of likely N-dealkylation sites (tertiary alicyclic amines) is 1. The van der Waals surface area contributed by atoms with Crippen LogP contribution in [0.1, 0.15) is 29.7 Å². The lowest BCUT2D eigenvalue weighted by Crippen LogP contribution is -2.36. The molecule has 5 nitrogen and oxygen atoms in total. The highest BCUT2D eigenvalue weighted by Crippen LogP contribution is 2.23. The van der Waals surface area contributed by atoms with Gasteiger partial charge in [-0.3, -0.25) is 0 Å². The quantitative estimate of drug-likeness (QED) is 0.868. The van der Waals surface area contributed by atoms with Gasteiger partial charge in [-0.05, 0) is 39.3 Å². The van der Waals surface area contributed by atoms with E-state index in [-0.39, 0.29) is 6.10 Å². The van der Waals surface area contributed by atoms with Crippen molar-refractivity contribution in [1.82, 2.24) is 15.1 Å². The first-order chi connectivity index (χ1) is 8.61. The van der Waals surface area contributed by atoms with E-state index in [0.29, 0.717) is 12.4 Å². The summed E-state index contributed by atoms with van der Waals surface area (Å²) in [5.74, 6) is 0.621. The molecule has 5 heteroatoms. The molecule has 18 heavy (non-hydrogen) atoms. The molecule has 2 heterocycles. The molecule has 0 aromatic carbocycles. The fourth-order valence-corrected chi connectivity index (χ4v) is 2.23. The summed E-state index contributed by atoms with van der Waals surface area (Å²) in [4.78, 5) is 2.32. The first-order valence-corrected chi connectivity index (χ1v) is 6.50. The number of aryl methyl sites for hydroxylation is 1. The molecule has 1 aromatic rings.